The van der Waals surface area contributed by atoms with Gasteiger partial charge in [-0.3, -0.25) is 9.79 Å². The Balaban J connectivity index is 2.18. The first-order valence-corrected chi connectivity index (χ1v) is 11.1. The van der Waals surface area contributed by atoms with E-state index in [1.807, 2.05) is 38.1 Å². The zero-order chi connectivity index (χ0) is 21.2. The Hall–Kier alpha value is -2.11. The van der Waals surface area contributed by atoms with E-state index in [1.54, 1.807) is 17.8 Å². The van der Waals surface area contributed by atoms with Gasteiger partial charge in [0.05, 0.1) is 11.8 Å². The molecule has 0 saturated heterocycles. The molecule has 0 unspecified atom stereocenters. The van der Waals surface area contributed by atoms with Crippen LogP contribution in [0.3, 0.4) is 0 Å². The summed E-state index contributed by atoms with van der Waals surface area (Å²) in [5.41, 5.74) is 3.69. The first-order chi connectivity index (χ1) is 14.0. The molecule has 156 valence electrons. The van der Waals surface area contributed by atoms with Gasteiger partial charge in [0.15, 0.2) is 0 Å². The second-order valence-electron chi connectivity index (χ2n) is 7.19. The number of allylic oxidation sites excluding steroid dienone is 5. The van der Waals surface area contributed by atoms with Crippen molar-refractivity contribution in [1.82, 2.24) is 5.32 Å². The maximum Gasteiger partial charge on any atom is 0.251 e. The number of ether oxygens (including phenoxy) is 1. The minimum absolute atomic E-state index is 0.0738. The molecule has 0 fully saturated rings. The van der Waals surface area contributed by atoms with Gasteiger partial charge < -0.3 is 10.1 Å². The van der Waals surface area contributed by atoms with E-state index in [4.69, 9.17) is 9.73 Å². The Morgan fingerprint density at radius 2 is 2.17 bits per heavy atom. The molecular formula is C24H32N2O2S. The minimum atomic E-state index is -0.0738. The SMILES string of the molecule is C=C/C=C\C1=C(C)Sc2ccc(C(=O)NCCCOC(C)C)cc2N=C1CCC. The van der Waals surface area contributed by atoms with Crippen LogP contribution in [0.2, 0.25) is 0 Å². The largest absolute Gasteiger partial charge is 0.379 e. The fraction of sp³-hybridized carbons (Fsp3) is 0.417. The van der Waals surface area contributed by atoms with Crippen LogP contribution in [0.15, 0.2) is 63.4 Å². The van der Waals surface area contributed by atoms with Gasteiger partial charge in [-0.25, -0.2) is 0 Å². The molecule has 1 aromatic carbocycles. The summed E-state index contributed by atoms with van der Waals surface area (Å²) in [6, 6.07) is 5.76. The van der Waals surface area contributed by atoms with Gasteiger partial charge in [-0.2, -0.15) is 0 Å². The van der Waals surface area contributed by atoms with E-state index in [2.05, 4.69) is 31.8 Å². The highest BCUT2D eigenvalue weighted by atomic mass is 32.2. The third kappa shape index (κ3) is 7.02. The number of thioether (sulfide) groups is 1. The number of carbonyl (C=O) groups is 1. The number of aliphatic imine (C=N–C) groups is 1. The number of rotatable bonds is 10. The van der Waals surface area contributed by atoms with Gasteiger partial charge in [0.25, 0.3) is 5.91 Å². The molecule has 1 aliphatic heterocycles. The molecular weight excluding hydrogens is 380 g/mol. The zero-order valence-corrected chi connectivity index (χ0v) is 18.8. The number of hydrogen-bond donors (Lipinski definition) is 1. The first-order valence-electron chi connectivity index (χ1n) is 10.3. The van der Waals surface area contributed by atoms with E-state index in [0.29, 0.717) is 18.7 Å². The number of amides is 1. The van der Waals surface area contributed by atoms with Crippen molar-refractivity contribution in [3.63, 3.8) is 0 Å². The average Bonchev–Trinajstić information content (AvgIpc) is 2.81. The van der Waals surface area contributed by atoms with Crippen LogP contribution in [0, 0.1) is 0 Å². The van der Waals surface area contributed by atoms with Crippen LogP contribution >= 0.6 is 11.8 Å². The van der Waals surface area contributed by atoms with Crippen molar-refractivity contribution in [3.8, 4) is 0 Å². The standard InChI is InChI=1S/C24H32N2O2S/c1-6-8-11-20-18(5)29-23-13-12-19(16-22(23)26-21(20)10-7-2)24(27)25-14-9-15-28-17(3)4/h6,8,11-13,16-17H,1,7,9-10,14-15H2,2-5H3,(H,25,27)/b11-8-. The summed E-state index contributed by atoms with van der Waals surface area (Å²) in [7, 11) is 0. The molecule has 1 N–H and O–H groups in total. The monoisotopic (exact) mass is 412 g/mol. The molecule has 1 aliphatic rings. The smallest absolute Gasteiger partial charge is 0.251 e. The Morgan fingerprint density at radius 1 is 1.38 bits per heavy atom. The number of carbonyl (C=O) groups excluding carboxylic acids is 1. The van der Waals surface area contributed by atoms with Crippen LogP contribution in [-0.4, -0.2) is 30.9 Å². The fourth-order valence-electron chi connectivity index (χ4n) is 2.96. The van der Waals surface area contributed by atoms with Gasteiger partial charge >= 0.3 is 0 Å². The molecule has 0 atom stereocenters. The zero-order valence-electron chi connectivity index (χ0n) is 18.0. The summed E-state index contributed by atoms with van der Waals surface area (Å²) in [4.78, 5) is 19.8. The van der Waals surface area contributed by atoms with Crippen molar-refractivity contribution in [2.24, 2.45) is 4.99 Å². The van der Waals surface area contributed by atoms with Crippen LogP contribution in [0.25, 0.3) is 0 Å². The average molecular weight is 413 g/mol. The minimum Gasteiger partial charge on any atom is -0.379 e. The second-order valence-corrected chi connectivity index (χ2v) is 8.44. The fourth-order valence-corrected chi connectivity index (χ4v) is 3.93. The molecule has 4 nitrogen and oxygen atoms in total. The number of hydrogen-bond acceptors (Lipinski definition) is 4. The molecule has 0 aliphatic carbocycles. The van der Waals surface area contributed by atoms with Crippen molar-refractivity contribution in [2.75, 3.05) is 13.2 Å². The number of nitrogens with one attached hydrogen (secondary N) is 1. The Morgan fingerprint density at radius 3 is 2.86 bits per heavy atom. The van der Waals surface area contributed by atoms with Crippen LogP contribution in [0.1, 0.15) is 57.3 Å². The van der Waals surface area contributed by atoms with E-state index in [1.165, 1.54) is 4.91 Å². The van der Waals surface area contributed by atoms with Gasteiger partial charge in [-0.15, -0.1) is 0 Å². The summed E-state index contributed by atoms with van der Waals surface area (Å²) >= 11 is 1.70. The molecule has 5 heteroatoms. The predicted molar refractivity (Wildman–Crippen MR) is 124 cm³/mol. The van der Waals surface area contributed by atoms with Crippen LogP contribution in [-0.2, 0) is 4.74 Å². The Bertz CT molecular complexity index is 822. The number of benzene rings is 1. The molecule has 0 bridgehead atoms. The van der Waals surface area contributed by atoms with Crippen LogP contribution in [0.5, 0.6) is 0 Å². The summed E-state index contributed by atoms with van der Waals surface area (Å²) in [6.07, 6.45) is 8.71. The maximum atomic E-state index is 12.6. The number of fused-ring (bicyclic) bond motifs is 1. The first kappa shape index (κ1) is 23.2. The third-order valence-corrected chi connectivity index (χ3v) is 5.46. The lowest BCUT2D eigenvalue weighted by molar-refractivity contribution is 0.0757. The normalized spacial score (nSPS) is 14.0. The lowest BCUT2D eigenvalue weighted by atomic mass is 10.0. The van der Waals surface area contributed by atoms with Gasteiger partial charge in [-0.05, 0) is 56.7 Å². The van der Waals surface area contributed by atoms with Crippen molar-refractivity contribution < 1.29 is 9.53 Å². The van der Waals surface area contributed by atoms with Gasteiger partial charge in [0.1, 0.15) is 0 Å². The molecule has 0 saturated carbocycles. The topological polar surface area (TPSA) is 50.7 Å². The predicted octanol–water partition coefficient (Wildman–Crippen LogP) is 6.23. The lowest BCUT2D eigenvalue weighted by Crippen LogP contribution is -2.25. The third-order valence-electron chi connectivity index (χ3n) is 4.37. The van der Waals surface area contributed by atoms with Crippen molar-refractivity contribution in [1.29, 1.82) is 0 Å². The van der Waals surface area contributed by atoms with Crippen LogP contribution < -0.4 is 5.32 Å². The van der Waals surface area contributed by atoms with E-state index in [0.717, 1.165) is 41.1 Å². The molecule has 1 aromatic rings. The molecule has 0 spiro atoms. The van der Waals surface area contributed by atoms with Gasteiger partial charge in [-0.1, -0.05) is 49.9 Å². The summed E-state index contributed by atoms with van der Waals surface area (Å²) in [5.74, 6) is -0.0738. The van der Waals surface area contributed by atoms with E-state index >= 15 is 0 Å². The van der Waals surface area contributed by atoms with Crippen molar-refractivity contribution >= 4 is 29.1 Å². The molecule has 1 amide bonds. The molecule has 2 rings (SSSR count). The maximum absolute atomic E-state index is 12.6. The summed E-state index contributed by atoms with van der Waals surface area (Å²) in [5, 5.41) is 2.97. The van der Waals surface area contributed by atoms with E-state index < -0.39 is 0 Å². The highest BCUT2D eigenvalue weighted by Crippen LogP contribution is 2.40. The Labute approximate surface area is 179 Å². The molecule has 0 radical (unpaired) electrons. The summed E-state index contributed by atoms with van der Waals surface area (Å²) in [6.45, 7) is 13.3. The highest BCUT2D eigenvalue weighted by molar-refractivity contribution is 8.03. The van der Waals surface area contributed by atoms with Crippen molar-refractivity contribution in [2.45, 2.75) is 58.0 Å². The summed E-state index contributed by atoms with van der Waals surface area (Å²) < 4.78 is 5.51. The van der Waals surface area contributed by atoms with E-state index in [-0.39, 0.29) is 12.0 Å². The molecule has 1 heterocycles. The van der Waals surface area contributed by atoms with Gasteiger partial charge in [0.2, 0.25) is 0 Å². The highest BCUT2D eigenvalue weighted by Gasteiger charge is 2.17. The van der Waals surface area contributed by atoms with Crippen LogP contribution in [0.4, 0.5) is 5.69 Å². The van der Waals surface area contributed by atoms with Crippen molar-refractivity contribution in [3.05, 3.63) is 59.0 Å². The number of nitrogens with zero attached hydrogens (tertiary/aromatic N) is 1. The van der Waals surface area contributed by atoms with Gasteiger partial charge in [0, 0.05) is 34.9 Å². The second kappa shape index (κ2) is 11.8. The quantitative estimate of drug-likeness (QED) is 0.366. The molecule has 29 heavy (non-hydrogen) atoms. The Kier molecular flexibility index (Phi) is 9.42. The lowest BCUT2D eigenvalue weighted by Gasteiger charge is -2.10. The molecule has 0 aromatic heterocycles. The van der Waals surface area contributed by atoms with E-state index in [9.17, 15) is 4.79 Å².